The monoisotopic (exact) mass is 324 g/mol. The highest BCUT2D eigenvalue weighted by atomic mass is 16.6. The van der Waals surface area contributed by atoms with Gasteiger partial charge in [0.05, 0.1) is 12.7 Å². The zero-order chi connectivity index (χ0) is 17.4. The second-order valence-corrected chi connectivity index (χ2v) is 6.48. The summed E-state index contributed by atoms with van der Waals surface area (Å²) in [5.74, 6) is 3.33. The van der Waals surface area contributed by atoms with Crippen LogP contribution in [0.3, 0.4) is 0 Å². The van der Waals surface area contributed by atoms with Crippen LogP contribution < -0.4 is 0 Å². The molecule has 3 fully saturated rings. The van der Waals surface area contributed by atoms with E-state index < -0.39 is 0 Å². The van der Waals surface area contributed by atoms with Gasteiger partial charge in [0.2, 0.25) is 0 Å². The summed E-state index contributed by atoms with van der Waals surface area (Å²) in [4.78, 5) is 11.2. The molecule has 0 N–H and O–H groups in total. The van der Waals surface area contributed by atoms with E-state index in [0.717, 1.165) is 23.7 Å². The highest BCUT2D eigenvalue weighted by molar-refractivity contribution is 5.86. The van der Waals surface area contributed by atoms with Crippen molar-refractivity contribution in [2.45, 2.75) is 72.8 Å². The predicted molar refractivity (Wildman–Crippen MR) is 95.3 cm³/mol. The number of rotatable bonds is 5. The maximum Gasteiger partial charge on any atom is 0.333 e. The molecule has 0 heterocycles. The molecule has 3 nitrogen and oxygen atoms in total. The van der Waals surface area contributed by atoms with E-state index in [1.807, 2.05) is 27.7 Å². The number of carbonyl (C=O) groups is 1. The normalized spacial score (nSPS) is 33.0. The Balaban J connectivity index is 0.000000615. The first-order valence-electron chi connectivity index (χ1n) is 9.61. The van der Waals surface area contributed by atoms with E-state index in [4.69, 9.17) is 9.47 Å². The zero-order valence-corrected chi connectivity index (χ0v) is 15.8. The van der Waals surface area contributed by atoms with E-state index in [0.29, 0.717) is 24.9 Å². The van der Waals surface area contributed by atoms with Crippen molar-refractivity contribution < 1.29 is 14.3 Å². The number of esters is 1. The van der Waals surface area contributed by atoms with E-state index in [9.17, 15) is 4.79 Å². The Morgan fingerprint density at radius 2 is 1.65 bits per heavy atom. The fourth-order valence-corrected chi connectivity index (χ4v) is 4.65. The molecule has 3 aliphatic carbocycles. The van der Waals surface area contributed by atoms with Crippen LogP contribution in [0.15, 0.2) is 12.2 Å². The molecule has 0 aromatic heterocycles. The van der Waals surface area contributed by atoms with Crippen molar-refractivity contribution in [2.75, 3.05) is 13.2 Å². The fraction of sp³-hybridized carbons (Fsp3) is 0.850. The molecule has 5 unspecified atom stereocenters. The van der Waals surface area contributed by atoms with Gasteiger partial charge in [-0.2, -0.15) is 0 Å². The van der Waals surface area contributed by atoms with E-state index >= 15 is 0 Å². The Morgan fingerprint density at radius 1 is 1.00 bits per heavy atom. The van der Waals surface area contributed by atoms with Crippen molar-refractivity contribution in [1.82, 2.24) is 0 Å². The van der Waals surface area contributed by atoms with Crippen LogP contribution in [0.1, 0.15) is 66.7 Å². The number of fused-ring (bicyclic) bond motifs is 5. The maximum atomic E-state index is 11.2. The third-order valence-electron chi connectivity index (χ3n) is 5.36. The summed E-state index contributed by atoms with van der Waals surface area (Å²) < 4.78 is 11.0. The first-order chi connectivity index (χ1) is 11.2. The van der Waals surface area contributed by atoms with Crippen LogP contribution in [-0.2, 0) is 14.3 Å². The minimum Gasteiger partial charge on any atom is -0.460 e. The van der Waals surface area contributed by atoms with Crippen LogP contribution in [0.2, 0.25) is 0 Å². The maximum absolute atomic E-state index is 11.2. The molecule has 3 saturated carbocycles. The molecule has 0 radical (unpaired) electrons. The summed E-state index contributed by atoms with van der Waals surface area (Å²) in [6, 6.07) is 0. The third-order valence-corrected chi connectivity index (χ3v) is 5.36. The Kier molecular flexibility index (Phi) is 8.90. The molecular formula is C20H36O3. The summed E-state index contributed by atoms with van der Waals surface area (Å²) in [5, 5.41) is 0. The lowest BCUT2D eigenvalue weighted by Crippen LogP contribution is -2.31. The SMILES string of the molecule is C=C(C)C(=O)OCCOC1CC2CC1C1CCCC21.CC.CC. The fourth-order valence-electron chi connectivity index (χ4n) is 4.65. The number of carbonyl (C=O) groups excluding carboxylic acids is 1. The van der Waals surface area contributed by atoms with Crippen LogP contribution in [-0.4, -0.2) is 25.3 Å². The number of hydrogen-bond acceptors (Lipinski definition) is 3. The van der Waals surface area contributed by atoms with Gasteiger partial charge < -0.3 is 9.47 Å². The second-order valence-electron chi connectivity index (χ2n) is 6.48. The molecule has 3 heteroatoms. The lowest BCUT2D eigenvalue weighted by atomic mass is 9.80. The van der Waals surface area contributed by atoms with E-state index in [-0.39, 0.29) is 5.97 Å². The van der Waals surface area contributed by atoms with Crippen LogP contribution >= 0.6 is 0 Å². The van der Waals surface area contributed by atoms with Crippen molar-refractivity contribution in [2.24, 2.45) is 23.7 Å². The van der Waals surface area contributed by atoms with Crippen molar-refractivity contribution in [3.8, 4) is 0 Å². The summed E-state index contributed by atoms with van der Waals surface area (Å²) >= 11 is 0. The number of ether oxygens (including phenoxy) is 2. The van der Waals surface area contributed by atoms with Crippen molar-refractivity contribution in [3.05, 3.63) is 12.2 Å². The highest BCUT2D eigenvalue weighted by Gasteiger charge is 2.54. The smallest absolute Gasteiger partial charge is 0.333 e. The molecule has 5 atom stereocenters. The highest BCUT2D eigenvalue weighted by Crippen LogP contribution is 2.59. The summed E-state index contributed by atoms with van der Waals surface area (Å²) in [7, 11) is 0. The minimum absolute atomic E-state index is 0.313. The van der Waals surface area contributed by atoms with Crippen LogP contribution in [0.25, 0.3) is 0 Å². The van der Waals surface area contributed by atoms with Gasteiger partial charge in [0, 0.05) is 5.57 Å². The van der Waals surface area contributed by atoms with Gasteiger partial charge in [0.25, 0.3) is 0 Å². The van der Waals surface area contributed by atoms with Gasteiger partial charge in [0.1, 0.15) is 6.61 Å². The molecule has 0 aromatic rings. The predicted octanol–water partition coefficient (Wildman–Crippen LogP) is 5.00. The first kappa shape index (κ1) is 20.2. The quantitative estimate of drug-likeness (QED) is 0.405. The standard InChI is InChI=1S/C16H24O3.2C2H6/c1-10(2)16(17)19-7-6-18-15-9-11-8-14(15)13-5-3-4-12(11)13;2*1-2/h11-15H,1,3-9H2,2H3;2*1-2H3. The molecule has 0 aromatic carbocycles. The van der Waals surface area contributed by atoms with Gasteiger partial charge in [0.15, 0.2) is 0 Å². The average Bonchev–Trinajstić information content (AvgIpc) is 3.27. The minimum atomic E-state index is -0.313. The average molecular weight is 325 g/mol. The molecule has 3 rings (SSSR count). The second kappa shape index (κ2) is 10.1. The number of hydrogen-bond donors (Lipinski definition) is 0. The topological polar surface area (TPSA) is 35.5 Å². The van der Waals surface area contributed by atoms with Crippen LogP contribution in [0.4, 0.5) is 0 Å². The van der Waals surface area contributed by atoms with Crippen LogP contribution in [0.5, 0.6) is 0 Å². The molecule has 0 spiro atoms. The van der Waals surface area contributed by atoms with Gasteiger partial charge in [-0.15, -0.1) is 0 Å². The van der Waals surface area contributed by atoms with Gasteiger partial charge in [-0.1, -0.05) is 40.7 Å². The molecule has 3 aliphatic rings. The lowest BCUT2D eigenvalue weighted by Gasteiger charge is -2.31. The lowest BCUT2D eigenvalue weighted by molar-refractivity contribution is -0.141. The molecule has 23 heavy (non-hydrogen) atoms. The summed E-state index contributed by atoms with van der Waals surface area (Å²) in [6.07, 6.45) is 7.33. The molecule has 0 aliphatic heterocycles. The van der Waals surface area contributed by atoms with Gasteiger partial charge in [-0.05, 0) is 56.3 Å². The molecular weight excluding hydrogens is 288 g/mol. The molecule has 2 bridgehead atoms. The zero-order valence-electron chi connectivity index (χ0n) is 15.8. The Morgan fingerprint density at radius 3 is 2.30 bits per heavy atom. The van der Waals surface area contributed by atoms with Crippen LogP contribution in [0, 0.1) is 23.7 Å². The van der Waals surface area contributed by atoms with E-state index in [2.05, 4.69) is 6.58 Å². The Bertz CT molecular complexity index is 377. The Hall–Kier alpha value is -0.830. The van der Waals surface area contributed by atoms with Crippen molar-refractivity contribution in [1.29, 1.82) is 0 Å². The largest absolute Gasteiger partial charge is 0.460 e. The van der Waals surface area contributed by atoms with Crippen molar-refractivity contribution >= 4 is 5.97 Å². The third kappa shape index (κ3) is 4.82. The molecule has 0 saturated heterocycles. The van der Waals surface area contributed by atoms with Gasteiger partial charge in [-0.3, -0.25) is 0 Å². The Labute approximate surface area is 142 Å². The first-order valence-corrected chi connectivity index (χ1v) is 9.61. The van der Waals surface area contributed by atoms with Gasteiger partial charge >= 0.3 is 5.97 Å². The van der Waals surface area contributed by atoms with Crippen molar-refractivity contribution in [3.63, 3.8) is 0 Å². The molecule has 0 amide bonds. The molecule has 134 valence electrons. The van der Waals surface area contributed by atoms with E-state index in [1.165, 1.54) is 32.1 Å². The van der Waals surface area contributed by atoms with E-state index in [1.54, 1.807) is 6.92 Å². The summed E-state index contributed by atoms with van der Waals surface area (Å²) in [6.45, 7) is 14.1. The van der Waals surface area contributed by atoms with Gasteiger partial charge in [-0.25, -0.2) is 4.79 Å². The summed E-state index contributed by atoms with van der Waals surface area (Å²) in [5.41, 5.74) is 0.453.